The van der Waals surface area contributed by atoms with Crippen LogP contribution in [0.2, 0.25) is 0 Å². The van der Waals surface area contributed by atoms with Gasteiger partial charge in [0.05, 0.1) is 11.9 Å². The summed E-state index contributed by atoms with van der Waals surface area (Å²) in [4.78, 5) is 2.46. The molecule has 0 atom stereocenters. The van der Waals surface area contributed by atoms with Crippen LogP contribution in [0.25, 0.3) is 5.69 Å². The molecule has 106 valence electrons. The molecule has 0 aliphatic carbocycles. The Morgan fingerprint density at radius 2 is 1.90 bits per heavy atom. The van der Waals surface area contributed by atoms with Crippen LogP contribution in [-0.4, -0.2) is 40.9 Å². The molecule has 2 heterocycles. The zero-order valence-corrected chi connectivity index (χ0v) is 12.0. The Kier molecular flexibility index (Phi) is 4.02. The van der Waals surface area contributed by atoms with Gasteiger partial charge >= 0.3 is 0 Å². The molecule has 1 aliphatic rings. The molecule has 1 aliphatic heterocycles. The van der Waals surface area contributed by atoms with Crippen LogP contribution in [0.1, 0.15) is 18.4 Å². The van der Waals surface area contributed by atoms with Crippen molar-refractivity contribution >= 4 is 0 Å². The highest BCUT2D eigenvalue weighted by atomic mass is 16.5. The van der Waals surface area contributed by atoms with E-state index in [2.05, 4.69) is 10.00 Å². The van der Waals surface area contributed by atoms with Crippen LogP contribution in [0.4, 0.5) is 0 Å². The fourth-order valence-corrected chi connectivity index (χ4v) is 2.55. The van der Waals surface area contributed by atoms with E-state index in [0.717, 1.165) is 30.2 Å². The standard InChI is InChI=1S/C16H21N3O/c1-14-12-17-19(13-14)15-4-6-16(7-5-15)20-11-10-18-8-2-3-9-18/h4-7,12-13H,2-3,8-11H2,1H3. The monoisotopic (exact) mass is 271 g/mol. The summed E-state index contributed by atoms with van der Waals surface area (Å²) in [5.74, 6) is 0.928. The van der Waals surface area contributed by atoms with Crippen molar-refractivity contribution in [2.75, 3.05) is 26.2 Å². The first-order valence-electron chi connectivity index (χ1n) is 7.28. The molecule has 4 heteroatoms. The summed E-state index contributed by atoms with van der Waals surface area (Å²) in [5.41, 5.74) is 2.22. The number of likely N-dealkylation sites (tertiary alicyclic amines) is 1. The molecule has 0 N–H and O–H groups in total. The third-order valence-corrected chi connectivity index (χ3v) is 3.69. The number of benzene rings is 1. The molecule has 0 unspecified atom stereocenters. The van der Waals surface area contributed by atoms with Crippen LogP contribution in [0.5, 0.6) is 5.75 Å². The lowest BCUT2D eigenvalue weighted by molar-refractivity contribution is 0.238. The van der Waals surface area contributed by atoms with Crippen LogP contribution >= 0.6 is 0 Å². The molecule has 0 saturated carbocycles. The average molecular weight is 271 g/mol. The minimum Gasteiger partial charge on any atom is -0.492 e. The Morgan fingerprint density at radius 1 is 1.15 bits per heavy atom. The highest BCUT2D eigenvalue weighted by Gasteiger charge is 2.10. The highest BCUT2D eigenvalue weighted by molar-refractivity contribution is 5.37. The minimum atomic E-state index is 0.764. The molecule has 20 heavy (non-hydrogen) atoms. The summed E-state index contributed by atoms with van der Waals surface area (Å²) in [6, 6.07) is 8.10. The van der Waals surface area contributed by atoms with Crippen LogP contribution < -0.4 is 4.74 Å². The predicted molar refractivity (Wildman–Crippen MR) is 79.5 cm³/mol. The summed E-state index contributed by atoms with van der Waals surface area (Å²) >= 11 is 0. The van der Waals surface area contributed by atoms with E-state index in [1.54, 1.807) is 0 Å². The van der Waals surface area contributed by atoms with Crippen molar-refractivity contribution in [1.29, 1.82) is 0 Å². The molecule has 0 bridgehead atoms. The van der Waals surface area contributed by atoms with Crippen molar-refractivity contribution in [3.63, 3.8) is 0 Å². The van der Waals surface area contributed by atoms with Gasteiger partial charge in [-0.05, 0) is 62.7 Å². The van der Waals surface area contributed by atoms with Crippen molar-refractivity contribution in [2.45, 2.75) is 19.8 Å². The van der Waals surface area contributed by atoms with E-state index in [-0.39, 0.29) is 0 Å². The molecule has 0 radical (unpaired) electrons. The number of nitrogens with zero attached hydrogens (tertiary/aromatic N) is 3. The van der Waals surface area contributed by atoms with Gasteiger partial charge in [-0.15, -0.1) is 0 Å². The first kappa shape index (κ1) is 13.2. The van der Waals surface area contributed by atoms with E-state index >= 15 is 0 Å². The fraction of sp³-hybridized carbons (Fsp3) is 0.438. The summed E-state index contributed by atoms with van der Waals surface area (Å²) in [6.07, 6.45) is 6.54. The van der Waals surface area contributed by atoms with Gasteiger partial charge in [-0.2, -0.15) is 5.10 Å². The Hall–Kier alpha value is -1.81. The second-order valence-electron chi connectivity index (χ2n) is 5.35. The lowest BCUT2D eigenvalue weighted by atomic mass is 10.3. The molecule has 3 rings (SSSR count). The van der Waals surface area contributed by atoms with Gasteiger partial charge in [0.25, 0.3) is 0 Å². The van der Waals surface area contributed by atoms with E-state index in [1.807, 2.05) is 48.3 Å². The maximum absolute atomic E-state index is 5.79. The summed E-state index contributed by atoms with van der Waals surface area (Å²) in [5, 5.41) is 4.30. The maximum atomic E-state index is 5.79. The van der Waals surface area contributed by atoms with Crippen LogP contribution in [-0.2, 0) is 0 Å². The van der Waals surface area contributed by atoms with Gasteiger partial charge in [0.2, 0.25) is 0 Å². The van der Waals surface area contributed by atoms with Gasteiger partial charge in [-0.1, -0.05) is 0 Å². The van der Waals surface area contributed by atoms with Crippen LogP contribution in [0.15, 0.2) is 36.7 Å². The Balaban J connectivity index is 1.53. The van der Waals surface area contributed by atoms with Crippen molar-refractivity contribution < 1.29 is 4.74 Å². The molecule has 1 aromatic heterocycles. The zero-order chi connectivity index (χ0) is 13.8. The molecule has 0 spiro atoms. The smallest absolute Gasteiger partial charge is 0.119 e. The van der Waals surface area contributed by atoms with Crippen molar-refractivity contribution in [3.8, 4) is 11.4 Å². The molecule has 1 aromatic carbocycles. The Labute approximate surface area is 120 Å². The lowest BCUT2D eigenvalue weighted by Crippen LogP contribution is -2.25. The van der Waals surface area contributed by atoms with Gasteiger partial charge in [-0.3, -0.25) is 4.90 Å². The summed E-state index contributed by atoms with van der Waals surface area (Å²) in [6.45, 7) is 6.28. The number of aryl methyl sites for hydroxylation is 1. The van der Waals surface area contributed by atoms with Crippen LogP contribution in [0.3, 0.4) is 0 Å². The van der Waals surface area contributed by atoms with E-state index in [0.29, 0.717) is 0 Å². The largest absolute Gasteiger partial charge is 0.492 e. The van der Waals surface area contributed by atoms with Gasteiger partial charge < -0.3 is 4.74 Å². The molecule has 4 nitrogen and oxygen atoms in total. The van der Waals surface area contributed by atoms with E-state index in [9.17, 15) is 0 Å². The van der Waals surface area contributed by atoms with Gasteiger partial charge in [0.15, 0.2) is 0 Å². The first-order valence-corrected chi connectivity index (χ1v) is 7.28. The molecule has 1 fully saturated rings. The van der Waals surface area contributed by atoms with Gasteiger partial charge in [0, 0.05) is 12.7 Å². The molecular weight excluding hydrogens is 250 g/mol. The van der Waals surface area contributed by atoms with Crippen molar-refractivity contribution in [3.05, 3.63) is 42.2 Å². The second-order valence-corrected chi connectivity index (χ2v) is 5.35. The van der Waals surface area contributed by atoms with Crippen LogP contribution in [0, 0.1) is 6.92 Å². The summed E-state index contributed by atoms with van der Waals surface area (Å²) in [7, 11) is 0. The first-order chi connectivity index (χ1) is 9.81. The molecular formula is C16H21N3O. The molecule has 0 amide bonds. The number of hydrogen-bond donors (Lipinski definition) is 0. The normalized spacial score (nSPS) is 15.7. The molecule has 1 saturated heterocycles. The Bertz CT molecular complexity index is 541. The predicted octanol–water partition coefficient (Wildman–Crippen LogP) is 2.66. The van der Waals surface area contributed by atoms with E-state index in [1.165, 1.54) is 25.9 Å². The highest BCUT2D eigenvalue weighted by Crippen LogP contribution is 2.15. The number of hydrogen-bond acceptors (Lipinski definition) is 3. The number of ether oxygens (including phenoxy) is 1. The van der Waals surface area contributed by atoms with Gasteiger partial charge in [0.1, 0.15) is 12.4 Å². The molecule has 2 aromatic rings. The minimum absolute atomic E-state index is 0.764. The lowest BCUT2D eigenvalue weighted by Gasteiger charge is -2.15. The van der Waals surface area contributed by atoms with Crippen molar-refractivity contribution in [2.24, 2.45) is 0 Å². The quantitative estimate of drug-likeness (QED) is 0.837. The number of rotatable bonds is 5. The van der Waals surface area contributed by atoms with E-state index in [4.69, 9.17) is 4.74 Å². The third kappa shape index (κ3) is 3.20. The summed E-state index contributed by atoms with van der Waals surface area (Å²) < 4.78 is 7.67. The number of aromatic nitrogens is 2. The maximum Gasteiger partial charge on any atom is 0.119 e. The van der Waals surface area contributed by atoms with Gasteiger partial charge in [-0.25, -0.2) is 4.68 Å². The SMILES string of the molecule is Cc1cnn(-c2ccc(OCCN3CCCC3)cc2)c1. The van der Waals surface area contributed by atoms with Crippen molar-refractivity contribution in [1.82, 2.24) is 14.7 Å². The second kappa shape index (κ2) is 6.09. The third-order valence-electron chi connectivity index (χ3n) is 3.69. The average Bonchev–Trinajstić information content (AvgIpc) is 3.11. The topological polar surface area (TPSA) is 30.3 Å². The fourth-order valence-electron chi connectivity index (χ4n) is 2.55. The zero-order valence-electron chi connectivity index (χ0n) is 12.0. The Morgan fingerprint density at radius 3 is 2.55 bits per heavy atom. The van der Waals surface area contributed by atoms with E-state index < -0.39 is 0 Å².